The summed E-state index contributed by atoms with van der Waals surface area (Å²) in [6.07, 6.45) is -1.41. The minimum Gasteiger partial charge on any atom is -0.442 e. The fourth-order valence-corrected chi connectivity index (χ4v) is 3.87. The first-order chi connectivity index (χ1) is 18.7. The molecule has 3 rings (SSSR count). The van der Waals surface area contributed by atoms with E-state index in [1.165, 1.54) is 22.0 Å². The number of nitrogens with zero attached hydrogens (tertiary/aromatic N) is 4. The Labute approximate surface area is 224 Å². The first-order valence-electron chi connectivity index (χ1n) is 12.4. The van der Waals surface area contributed by atoms with Crippen LogP contribution in [0.2, 0.25) is 0 Å². The van der Waals surface area contributed by atoms with Crippen molar-refractivity contribution in [2.75, 3.05) is 56.1 Å². The quantitative estimate of drug-likeness (QED) is 0.303. The van der Waals surface area contributed by atoms with E-state index in [2.05, 4.69) is 15.7 Å². The third-order valence-electron chi connectivity index (χ3n) is 6.00. The average molecular weight is 552 g/mol. The number of benzene rings is 1. The maximum absolute atomic E-state index is 15.0. The maximum atomic E-state index is 15.0. The second kappa shape index (κ2) is 14.3. The molecule has 3 N–H and O–H groups in total. The molecule has 0 saturated carbocycles. The van der Waals surface area contributed by atoms with E-state index in [-0.39, 0.29) is 31.2 Å². The van der Waals surface area contributed by atoms with Gasteiger partial charge in [0, 0.05) is 45.6 Å². The Morgan fingerprint density at radius 2 is 1.97 bits per heavy atom. The highest BCUT2D eigenvalue weighted by atomic mass is 19.3. The van der Waals surface area contributed by atoms with Crippen LogP contribution in [-0.2, 0) is 20.9 Å². The first-order valence-corrected chi connectivity index (χ1v) is 12.4. The van der Waals surface area contributed by atoms with Crippen LogP contribution in [-0.4, -0.2) is 86.7 Å². The number of pyridine rings is 1. The van der Waals surface area contributed by atoms with Gasteiger partial charge in [0.05, 0.1) is 31.0 Å². The number of rotatable bonds is 14. The van der Waals surface area contributed by atoms with Crippen molar-refractivity contribution in [1.82, 2.24) is 26.1 Å². The van der Waals surface area contributed by atoms with Crippen molar-refractivity contribution in [3.8, 4) is 0 Å². The lowest BCUT2D eigenvalue weighted by atomic mass is 10.2. The first kappa shape index (κ1) is 29.6. The Kier molecular flexibility index (Phi) is 10.9. The highest BCUT2D eigenvalue weighted by Crippen LogP contribution is 2.27. The summed E-state index contributed by atoms with van der Waals surface area (Å²) < 4.78 is 44.8. The summed E-state index contributed by atoms with van der Waals surface area (Å²) in [4.78, 5) is 42.5. The van der Waals surface area contributed by atoms with Gasteiger partial charge in [-0.1, -0.05) is 0 Å². The van der Waals surface area contributed by atoms with E-state index < -0.39 is 30.3 Å². The molecular formula is C25H32F3N7O4. The second-order valence-electron chi connectivity index (χ2n) is 8.70. The molecule has 14 heteroatoms. The zero-order valence-electron chi connectivity index (χ0n) is 21.7. The Morgan fingerprint density at radius 1 is 1.23 bits per heavy atom. The number of hydrogen-bond acceptors (Lipinski definition) is 8. The van der Waals surface area contributed by atoms with Gasteiger partial charge in [0.1, 0.15) is 11.9 Å². The number of nitrogens with one attached hydrogen (secondary N) is 3. The van der Waals surface area contributed by atoms with Gasteiger partial charge >= 0.3 is 12.5 Å². The highest BCUT2D eigenvalue weighted by Gasteiger charge is 2.33. The molecule has 0 radical (unpaired) electrons. The number of amides is 3. The molecule has 2 heterocycles. The smallest absolute Gasteiger partial charge is 0.414 e. The minimum absolute atomic E-state index is 0.0275. The monoisotopic (exact) mass is 551 g/mol. The molecule has 1 aliphatic rings. The van der Waals surface area contributed by atoms with Crippen LogP contribution in [0.25, 0.3) is 0 Å². The van der Waals surface area contributed by atoms with Crippen LogP contribution in [0.4, 0.5) is 29.3 Å². The Morgan fingerprint density at radius 3 is 2.64 bits per heavy atom. The predicted molar refractivity (Wildman–Crippen MR) is 138 cm³/mol. The summed E-state index contributed by atoms with van der Waals surface area (Å²) in [5.74, 6) is -2.18. The van der Waals surface area contributed by atoms with E-state index >= 15 is 4.39 Å². The number of hydrogen-bond donors (Lipinski definition) is 3. The Hall–Kier alpha value is -3.91. The number of alkyl halides is 2. The lowest BCUT2D eigenvalue weighted by Gasteiger charge is -2.26. The zero-order chi connectivity index (χ0) is 28.4. The largest absolute Gasteiger partial charge is 0.442 e. The van der Waals surface area contributed by atoms with E-state index in [1.54, 1.807) is 30.4 Å². The Bertz CT molecular complexity index is 1130. The lowest BCUT2D eigenvalue weighted by Crippen LogP contribution is -2.46. The van der Waals surface area contributed by atoms with E-state index in [1.807, 2.05) is 24.4 Å². The van der Waals surface area contributed by atoms with Gasteiger partial charge in [-0.15, -0.1) is 0 Å². The van der Waals surface area contributed by atoms with Crippen LogP contribution in [0.15, 0.2) is 42.7 Å². The molecular weight excluding hydrogens is 519 g/mol. The normalized spacial score (nSPS) is 14.9. The van der Waals surface area contributed by atoms with Gasteiger partial charge in [-0.3, -0.25) is 24.5 Å². The number of cyclic esters (lactones) is 1. The molecule has 0 spiro atoms. The summed E-state index contributed by atoms with van der Waals surface area (Å²) in [5.41, 5.74) is 4.56. The average Bonchev–Trinajstić information content (AvgIpc) is 3.30. The molecule has 1 aliphatic heterocycles. The van der Waals surface area contributed by atoms with Gasteiger partial charge in [0.2, 0.25) is 5.91 Å². The molecule has 0 aliphatic carbocycles. The maximum Gasteiger partial charge on any atom is 0.414 e. The lowest BCUT2D eigenvalue weighted by molar-refractivity contribution is -0.132. The number of ether oxygens (including phenoxy) is 1. The zero-order valence-corrected chi connectivity index (χ0v) is 21.7. The van der Waals surface area contributed by atoms with Gasteiger partial charge < -0.3 is 20.3 Å². The molecule has 1 aromatic carbocycles. The third kappa shape index (κ3) is 8.55. The van der Waals surface area contributed by atoms with Crippen molar-refractivity contribution in [1.29, 1.82) is 0 Å². The molecule has 212 valence electrons. The SMILES string of the molecule is CCN(CCNN(C)C(=O)CNCc1ccncc1)c1ccc(N2C[C@H](CNC(=O)C(F)F)OC2=O)cc1F. The topological polar surface area (TPSA) is 119 Å². The molecule has 0 bridgehead atoms. The van der Waals surface area contributed by atoms with Crippen molar-refractivity contribution in [3.63, 3.8) is 0 Å². The van der Waals surface area contributed by atoms with E-state index in [0.717, 1.165) is 5.56 Å². The van der Waals surface area contributed by atoms with Gasteiger partial charge in [-0.05, 0) is 42.8 Å². The summed E-state index contributed by atoms with van der Waals surface area (Å²) in [6, 6.07) is 8.00. The number of carbonyl (C=O) groups is 3. The van der Waals surface area contributed by atoms with Crippen molar-refractivity contribution >= 4 is 29.3 Å². The fourth-order valence-electron chi connectivity index (χ4n) is 3.87. The van der Waals surface area contributed by atoms with E-state index in [0.29, 0.717) is 31.9 Å². The van der Waals surface area contributed by atoms with Crippen molar-refractivity contribution in [2.24, 2.45) is 0 Å². The van der Waals surface area contributed by atoms with Gasteiger partial charge in [-0.25, -0.2) is 14.6 Å². The van der Waals surface area contributed by atoms with E-state index in [4.69, 9.17) is 4.74 Å². The molecule has 1 atom stereocenters. The highest BCUT2D eigenvalue weighted by molar-refractivity contribution is 5.90. The number of carbonyl (C=O) groups excluding carboxylic acids is 3. The Balaban J connectivity index is 1.47. The summed E-state index contributed by atoms with van der Waals surface area (Å²) in [6.45, 7) is 3.48. The number of hydrazine groups is 1. The number of anilines is 2. The van der Waals surface area contributed by atoms with E-state index in [9.17, 15) is 23.2 Å². The molecule has 1 aromatic heterocycles. The van der Waals surface area contributed by atoms with Crippen LogP contribution in [0.5, 0.6) is 0 Å². The fraction of sp³-hybridized carbons (Fsp3) is 0.440. The standard InChI is InChI=1S/C25H32F3N7O4/c1-3-34(11-10-32-33(2)22(36)15-30-13-17-6-8-29-9-7-17)21-5-4-18(12-20(21)26)35-16-19(39-25(35)38)14-31-24(37)23(27)28/h4-9,12,19,23,30,32H,3,10-11,13-16H2,1-2H3,(H,31,37)/t19-/m0/s1. The van der Waals surface area contributed by atoms with Crippen LogP contribution in [0.3, 0.4) is 0 Å². The molecule has 11 nitrogen and oxygen atoms in total. The molecule has 0 unspecified atom stereocenters. The van der Waals surface area contributed by atoms with Crippen molar-refractivity contribution < 1.29 is 32.3 Å². The van der Waals surface area contributed by atoms with Gasteiger partial charge in [0.15, 0.2) is 0 Å². The minimum atomic E-state index is -3.17. The second-order valence-corrected chi connectivity index (χ2v) is 8.70. The van der Waals surface area contributed by atoms with Crippen molar-refractivity contribution in [2.45, 2.75) is 26.0 Å². The molecule has 1 fully saturated rings. The van der Waals surface area contributed by atoms with Gasteiger partial charge in [0.25, 0.3) is 5.91 Å². The molecule has 1 saturated heterocycles. The molecule has 2 aromatic rings. The summed E-state index contributed by atoms with van der Waals surface area (Å²) in [7, 11) is 1.61. The summed E-state index contributed by atoms with van der Waals surface area (Å²) in [5, 5.41) is 6.45. The molecule has 3 amide bonds. The number of halogens is 3. The van der Waals surface area contributed by atoms with Crippen LogP contribution < -0.4 is 25.9 Å². The molecule has 39 heavy (non-hydrogen) atoms. The van der Waals surface area contributed by atoms with Crippen LogP contribution >= 0.6 is 0 Å². The van der Waals surface area contributed by atoms with Gasteiger partial charge in [-0.2, -0.15) is 8.78 Å². The number of likely N-dealkylation sites (N-methyl/N-ethyl adjacent to an activating group) is 2. The van der Waals surface area contributed by atoms with Crippen LogP contribution in [0, 0.1) is 5.82 Å². The number of aromatic nitrogens is 1. The van der Waals surface area contributed by atoms with Crippen LogP contribution in [0.1, 0.15) is 12.5 Å². The van der Waals surface area contributed by atoms with Crippen molar-refractivity contribution in [3.05, 3.63) is 54.1 Å². The predicted octanol–water partition coefficient (Wildman–Crippen LogP) is 1.51. The third-order valence-corrected chi connectivity index (χ3v) is 6.00. The summed E-state index contributed by atoms with van der Waals surface area (Å²) >= 11 is 0.